The summed E-state index contributed by atoms with van der Waals surface area (Å²) in [5, 5.41) is 8.51. The first-order valence-electron chi connectivity index (χ1n) is 6.32. The van der Waals surface area contributed by atoms with Crippen LogP contribution < -0.4 is 0 Å². The summed E-state index contributed by atoms with van der Waals surface area (Å²) in [5.41, 5.74) is 0. The third-order valence-corrected chi connectivity index (χ3v) is 3.64. The van der Waals surface area contributed by atoms with Gasteiger partial charge in [-0.25, -0.2) is 0 Å². The van der Waals surface area contributed by atoms with E-state index in [1.54, 1.807) is 4.90 Å². The molecule has 1 unspecified atom stereocenters. The highest BCUT2D eigenvalue weighted by atomic mass is 32.2. The van der Waals surface area contributed by atoms with Crippen molar-refractivity contribution in [2.75, 3.05) is 31.2 Å². The second-order valence-corrected chi connectivity index (χ2v) is 5.35. The van der Waals surface area contributed by atoms with Gasteiger partial charge in [0.15, 0.2) is 0 Å². The zero-order valence-electron chi connectivity index (χ0n) is 10.8. The fourth-order valence-corrected chi connectivity index (χ4v) is 2.54. The summed E-state index contributed by atoms with van der Waals surface area (Å²) in [7, 11) is 0. The van der Waals surface area contributed by atoms with Gasteiger partial charge in [-0.05, 0) is 19.3 Å². The molecule has 0 saturated carbocycles. The maximum atomic E-state index is 11.9. The molecule has 0 aromatic heterocycles. The molecule has 0 bridgehead atoms. The minimum Gasteiger partial charge on any atom is -0.481 e. The second-order valence-electron chi connectivity index (χ2n) is 4.36. The van der Waals surface area contributed by atoms with Crippen molar-refractivity contribution in [3.05, 3.63) is 0 Å². The minimum atomic E-state index is -0.879. The van der Waals surface area contributed by atoms with E-state index in [0.29, 0.717) is 6.54 Å². The number of amides is 1. The van der Waals surface area contributed by atoms with Gasteiger partial charge in [-0.1, -0.05) is 6.92 Å². The smallest absolute Gasteiger partial charge is 0.313 e. The lowest BCUT2D eigenvalue weighted by Gasteiger charge is -2.32. The van der Waals surface area contributed by atoms with Gasteiger partial charge < -0.3 is 14.7 Å². The van der Waals surface area contributed by atoms with Crippen molar-refractivity contribution in [2.45, 2.75) is 32.3 Å². The normalized spacial score (nSPS) is 19.8. The molecule has 1 fully saturated rings. The molecule has 104 valence electrons. The standard InChI is InChI=1S/C12H21NO4S/c1-2-6-17-10-4-3-5-13(7-10)11(14)8-18-9-12(15)16/h10H,2-9H2,1H3,(H,15,16). The average Bonchev–Trinajstić information content (AvgIpc) is 2.36. The number of rotatable bonds is 7. The Morgan fingerprint density at radius 3 is 2.89 bits per heavy atom. The number of carboxylic acids is 1. The lowest BCUT2D eigenvalue weighted by molar-refractivity contribution is -0.133. The maximum Gasteiger partial charge on any atom is 0.313 e. The SMILES string of the molecule is CCCOC1CCCN(C(=O)CSCC(=O)O)C1. The van der Waals surface area contributed by atoms with E-state index in [9.17, 15) is 9.59 Å². The van der Waals surface area contributed by atoms with E-state index >= 15 is 0 Å². The number of hydrogen-bond acceptors (Lipinski definition) is 4. The van der Waals surface area contributed by atoms with Crippen molar-refractivity contribution >= 4 is 23.6 Å². The van der Waals surface area contributed by atoms with Crippen LogP contribution >= 0.6 is 11.8 Å². The summed E-state index contributed by atoms with van der Waals surface area (Å²) < 4.78 is 5.66. The summed E-state index contributed by atoms with van der Waals surface area (Å²) in [4.78, 5) is 24.0. The van der Waals surface area contributed by atoms with E-state index < -0.39 is 5.97 Å². The molecule has 0 radical (unpaired) electrons. The first-order chi connectivity index (χ1) is 8.63. The highest BCUT2D eigenvalue weighted by Crippen LogP contribution is 2.15. The molecule has 5 nitrogen and oxygen atoms in total. The van der Waals surface area contributed by atoms with Crippen LogP contribution in [-0.2, 0) is 14.3 Å². The van der Waals surface area contributed by atoms with Gasteiger partial charge >= 0.3 is 5.97 Å². The molecule has 1 heterocycles. The molecule has 1 amide bonds. The summed E-state index contributed by atoms with van der Waals surface area (Å²) in [6, 6.07) is 0. The molecule has 1 saturated heterocycles. The van der Waals surface area contributed by atoms with E-state index in [2.05, 4.69) is 6.92 Å². The molecule has 1 N–H and O–H groups in total. The fraction of sp³-hybridized carbons (Fsp3) is 0.833. The van der Waals surface area contributed by atoms with Crippen LogP contribution in [0.4, 0.5) is 0 Å². The Balaban J connectivity index is 2.27. The molecule has 0 spiro atoms. The minimum absolute atomic E-state index is 0.0185. The molecule has 1 aliphatic heterocycles. The third kappa shape index (κ3) is 5.73. The molecular formula is C12H21NO4S. The quantitative estimate of drug-likeness (QED) is 0.757. The Labute approximate surface area is 112 Å². The second kappa shape index (κ2) is 8.37. The Morgan fingerprint density at radius 2 is 2.22 bits per heavy atom. The first-order valence-corrected chi connectivity index (χ1v) is 7.48. The Hall–Kier alpha value is -0.750. The van der Waals surface area contributed by atoms with Crippen molar-refractivity contribution in [3.63, 3.8) is 0 Å². The number of thioether (sulfide) groups is 1. The van der Waals surface area contributed by atoms with Gasteiger partial charge in [0.25, 0.3) is 0 Å². The van der Waals surface area contributed by atoms with Crippen LogP contribution in [0.5, 0.6) is 0 Å². The van der Waals surface area contributed by atoms with Gasteiger partial charge in [0.2, 0.25) is 5.91 Å². The van der Waals surface area contributed by atoms with E-state index in [1.165, 1.54) is 0 Å². The Morgan fingerprint density at radius 1 is 1.44 bits per heavy atom. The molecule has 0 aromatic rings. The maximum absolute atomic E-state index is 11.9. The molecule has 0 aromatic carbocycles. The topological polar surface area (TPSA) is 66.8 Å². The average molecular weight is 275 g/mol. The van der Waals surface area contributed by atoms with Crippen LogP contribution in [0.2, 0.25) is 0 Å². The monoisotopic (exact) mass is 275 g/mol. The van der Waals surface area contributed by atoms with Crippen molar-refractivity contribution in [1.29, 1.82) is 0 Å². The van der Waals surface area contributed by atoms with Gasteiger partial charge in [-0.2, -0.15) is 0 Å². The van der Waals surface area contributed by atoms with Crippen LogP contribution in [-0.4, -0.2) is 59.2 Å². The molecule has 6 heteroatoms. The van der Waals surface area contributed by atoms with Crippen molar-refractivity contribution < 1.29 is 19.4 Å². The first kappa shape index (κ1) is 15.3. The van der Waals surface area contributed by atoms with Crippen LogP contribution in [0.3, 0.4) is 0 Å². The number of carboxylic acid groups (broad SMARTS) is 1. The fourth-order valence-electron chi connectivity index (χ4n) is 1.90. The van der Waals surface area contributed by atoms with Gasteiger partial charge in [-0.15, -0.1) is 11.8 Å². The molecule has 0 aliphatic carbocycles. The highest BCUT2D eigenvalue weighted by molar-refractivity contribution is 8.00. The molecular weight excluding hydrogens is 254 g/mol. The summed E-state index contributed by atoms with van der Waals surface area (Å²) in [6.45, 7) is 4.21. The number of carbonyl (C=O) groups excluding carboxylic acids is 1. The molecule has 1 atom stereocenters. The zero-order chi connectivity index (χ0) is 13.4. The largest absolute Gasteiger partial charge is 0.481 e. The van der Waals surface area contributed by atoms with Crippen LogP contribution in [0.1, 0.15) is 26.2 Å². The Bertz CT molecular complexity index is 285. The zero-order valence-corrected chi connectivity index (χ0v) is 11.6. The number of nitrogens with zero attached hydrogens (tertiary/aromatic N) is 1. The predicted octanol–water partition coefficient (Wildman–Crippen LogP) is 1.22. The number of hydrogen-bond donors (Lipinski definition) is 1. The van der Waals surface area contributed by atoms with E-state index in [0.717, 1.165) is 44.2 Å². The van der Waals surface area contributed by atoms with Crippen molar-refractivity contribution in [1.82, 2.24) is 4.90 Å². The van der Waals surface area contributed by atoms with Gasteiger partial charge in [0, 0.05) is 19.7 Å². The number of ether oxygens (including phenoxy) is 1. The van der Waals surface area contributed by atoms with E-state index in [-0.39, 0.29) is 23.5 Å². The van der Waals surface area contributed by atoms with E-state index in [4.69, 9.17) is 9.84 Å². The van der Waals surface area contributed by atoms with Crippen LogP contribution in [0.25, 0.3) is 0 Å². The van der Waals surface area contributed by atoms with Gasteiger partial charge in [0.1, 0.15) is 0 Å². The van der Waals surface area contributed by atoms with E-state index in [1.807, 2.05) is 0 Å². The van der Waals surface area contributed by atoms with Crippen LogP contribution in [0.15, 0.2) is 0 Å². The number of piperidine rings is 1. The van der Waals surface area contributed by atoms with Crippen LogP contribution in [0, 0.1) is 0 Å². The number of carbonyl (C=O) groups is 2. The van der Waals surface area contributed by atoms with Crippen molar-refractivity contribution in [2.24, 2.45) is 0 Å². The van der Waals surface area contributed by atoms with Gasteiger partial charge in [0.05, 0.1) is 17.6 Å². The lowest BCUT2D eigenvalue weighted by Crippen LogP contribution is -2.44. The summed E-state index contributed by atoms with van der Waals surface area (Å²) in [5.74, 6) is -0.635. The highest BCUT2D eigenvalue weighted by Gasteiger charge is 2.23. The summed E-state index contributed by atoms with van der Waals surface area (Å²) >= 11 is 1.15. The van der Waals surface area contributed by atoms with Gasteiger partial charge in [-0.3, -0.25) is 9.59 Å². The molecule has 1 rings (SSSR count). The molecule has 1 aliphatic rings. The molecule has 18 heavy (non-hydrogen) atoms. The number of aliphatic carboxylic acids is 1. The third-order valence-electron chi connectivity index (χ3n) is 2.74. The predicted molar refractivity (Wildman–Crippen MR) is 70.8 cm³/mol. The lowest BCUT2D eigenvalue weighted by atomic mass is 10.1. The van der Waals surface area contributed by atoms with Crippen molar-refractivity contribution in [3.8, 4) is 0 Å². The Kier molecular flexibility index (Phi) is 7.12. The summed E-state index contributed by atoms with van der Waals surface area (Å²) in [6.07, 6.45) is 3.10. The number of likely N-dealkylation sites (tertiary alicyclic amines) is 1.